The highest BCUT2D eigenvalue weighted by Crippen LogP contribution is 2.31. The molecule has 0 radical (unpaired) electrons. The summed E-state index contributed by atoms with van der Waals surface area (Å²) < 4.78 is 1.96. The van der Waals surface area contributed by atoms with Crippen molar-refractivity contribution in [3.63, 3.8) is 0 Å². The second-order valence-electron chi connectivity index (χ2n) is 6.38. The minimum absolute atomic E-state index is 0.767. The van der Waals surface area contributed by atoms with E-state index in [9.17, 15) is 0 Å². The zero-order chi connectivity index (χ0) is 15.2. The number of nitrogens with one attached hydrogen (secondary N) is 2. The fraction of sp³-hybridized carbons (Fsp3) is 0.750. The number of rotatable bonds is 7. The Morgan fingerprint density at radius 1 is 1.32 bits per heavy atom. The third kappa shape index (κ3) is 4.47. The first kappa shape index (κ1) is 15.3. The minimum atomic E-state index is 0.767. The fourth-order valence-corrected chi connectivity index (χ4v) is 3.14. The summed E-state index contributed by atoms with van der Waals surface area (Å²) in [7, 11) is 1.84. The van der Waals surface area contributed by atoms with E-state index in [0.29, 0.717) is 0 Å². The maximum Gasteiger partial charge on any atom is 0.190 e. The number of hydrogen-bond donors (Lipinski definition) is 2. The van der Waals surface area contributed by atoms with E-state index < -0.39 is 0 Å². The van der Waals surface area contributed by atoms with Gasteiger partial charge in [0.2, 0.25) is 0 Å². The van der Waals surface area contributed by atoms with Crippen LogP contribution in [0.5, 0.6) is 0 Å². The Kier molecular flexibility index (Phi) is 5.32. The maximum absolute atomic E-state index is 4.31. The van der Waals surface area contributed by atoms with Crippen molar-refractivity contribution in [1.82, 2.24) is 25.3 Å². The average Bonchev–Trinajstić information content (AvgIpc) is 3.06. The summed E-state index contributed by atoms with van der Waals surface area (Å²) in [6, 6.07) is 2.87. The maximum atomic E-state index is 4.31. The first-order valence-electron chi connectivity index (χ1n) is 8.51. The van der Waals surface area contributed by atoms with Gasteiger partial charge in [0.25, 0.3) is 0 Å². The lowest BCUT2D eigenvalue weighted by Crippen LogP contribution is -2.40. The monoisotopic (exact) mass is 304 g/mol. The molecule has 3 rings (SSSR count). The zero-order valence-electron chi connectivity index (χ0n) is 13.5. The number of aliphatic imine (C=N–C) groups is 1. The van der Waals surface area contributed by atoms with Crippen molar-refractivity contribution < 1.29 is 0 Å². The molecule has 0 aromatic carbocycles. The van der Waals surface area contributed by atoms with Crippen LogP contribution < -0.4 is 10.6 Å². The molecule has 122 valence electrons. The van der Waals surface area contributed by atoms with E-state index >= 15 is 0 Å². The van der Waals surface area contributed by atoms with E-state index in [-0.39, 0.29) is 0 Å². The Morgan fingerprint density at radius 3 is 2.95 bits per heavy atom. The van der Waals surface area contributed by atoms with Crippen LogP contribution in [-0.2, 0) is 6.54 Å². The third-order valence-corrected chi connectivity index (χ3v) is 4.58. The van der Waals surface area contributed by atoms with Crippen LogP contribution in [-0.4, -0.2) is 59.9 Å². The molecule has 0 amide bonds. The SMILES string of the molecule is CN=C(NCCCn1cccn1)NCC1CCN(C2CC2)C1. The van der Waals surface area contributed by atoms with Crippen molar-refractivity contribution in [2.75, 3.05) is 33.2 Å². The van der Waals surface area contributed by atoms with Gasteiger partial charge in [0.15, 0.2) is 5.96 Å². The predicted octanol–water partition coefficient (Wildman–Crippen LogP) is 0.922. The molecule has 1 atom stereocenters. The van der Waals surface area contributed by atoms with Gasteiger partial charge in [-0.3, -0.25) is 9.67 Å². The molecule has 2 heterocycles. The largest absolute Gasteiger partial charge is 0.356 e. The van der Waals surface area contributed by atoms with Gasteiger partial charge in [-0.05, 0) is 44.2 Å². The molecule has 6 heteroatoms. The van der Waals surface area contributed by atoms with Crippen LogP contribution in [0.2, 0.25) is 0 Å². The van der Waals surface area contributed by atoms with E-state index in [1.807, 2.05) is 30.2 Å². The normalized spacial score (nSPS) is 23.0. The van der Waals surface area contributed by atoms with Crippen molar-refractivity contribution in [3.05, 3.63) is 18.5 Å². The lowest BCUT2D eigenvalue weighted by molar-refractivity contribution is 0.314. The number of aryl methyl sites for hydroxylation is 1. The molecule has 0 bridgehead atoms. The van der Waals surface area contributed by atoms with Crippen LogP contribution in [0.3, 0.4) is 0 Å². The fourth-order valence-electron chi connectivity index (χ4n) is 3.14. The molecule has 2 aliphatic rings. The molecule has 2 fully saturated rings. The highest BCUT2D eigenvalue weighted by Gasteiger charge is 2.34. The molecule has 1 aromatic rings. The molecule has 1 aromatic heterocycles. The highest BCUT2D eigenvalue weighted by atomic mass is 15.3. The van der Waals surface area contributed by atoms with Crippen LogP contribution in [0.4, 0.5) is 0 Å². The Hall–Kier alpha value is -1.56. The van der Waals surface area contributed by atoms with Crippen molar-refractivity contribution in [2.45, 2.75) is 38.3 Å². The lowest BCUT2D eigenvalue weighted by Gasteiger charge is -2.17. The molecule has 0 spiro atoms. The summed E-state index contributed by atoms with van der Waals surface area (Å²) in [6.45, 7) is 5.43. The van der Waals surface area contributed by atoms with Gasteiger partial charge in [-0.2, -0.15) is 5.10 Å². The molecule has 22 heavy (non-hydrogen) atoms. The first-order valence-corrected chi connectivity index (χ1v) is 8.51. The quantitative estimate of drug-likeness (QED) is 0.447. The van der Waals surface area contributed by atoms with Crippen molar-refractivity contribution in [3.8, 4) is 0 Å². The van der Waals surface area contributed by atoms with Crippen LogP contribution in [0.15, 0.2) is 23.5 Å². The van der Waals surface area contributed by atoms with E-state index in [1.54, 1.807) is 0 Å². The topological polar surface area (TPSA) is 57.5 Å². The number of hydrogen-bond acceptors (Lipinski definition) is 3. The van der Waals surface area contributed by atoms with Gasteiger partial charge in [0, 0.05) is 51.7 Å². The Morgan fingerprint density at radius 2 is 2.23 bits per heavy atom. The summed E-state index contributed by atoms with van der Waals surface area (Å²) >= 11 is 0. The van der Waals surface area contributed by atoms with Gasteiger partial charge in [-0.1, -0.05) is 0 Å². The number of likely N-dealkylation sites (tertiary alicyclic amines) is 1. The van der Waals surface area contributed by atoms with Crippen molar-refractivity contribution in [1.29, 1.82) is 0 Å². The van der Waals surface area contributed by atoms with Gasteiger partial charge in [-0.25, -0.2) is 0 Å². The van der Waals surface area contributed by atoms with Gasteiger partial charge >= 0.3 is 0 Å². The standard InChI is InChI=1S/C16H28N6/c1-17-16(18-7-2-9-22-10-3-8-20-22)19-12-14-6-11-21(13-14)15-4-5-15/h3,8,10,14-15H,2,4-7,9,11-13H2,1H3,(H2,17,18,19). The summed E-state index contributed by atoms with van der Waals surface area (Å²) in [5, 5.41) is 11.1. The molecule has 6 nitrogen and oxygen atoms in total. The second kappa shape index (κ2) is 7.63. The summed E-state index contributed by atoms with van der Waals surface area (Å²) in [4.78, 5) is 6.97. The smallest absolute Gasteiger partial charge is 0.190 e. The van der Waals surface area contributed by atoms with E-state index in [0.717, 1.165) is 44.0 Å². The van der Waals surface area contributed by atoms with Crippen LogP contribution in [0.1, 0.15) is 25.7 Å². The van der Waals surface area contributed by atoms with Gasteiger partial charge in [0.1, 0.15) is 0 Å². The van der Waals surface area contributed by atoms with E-state index in [1.165, 1.54) is 32.4 Å². The van der Waals surface area contributed by atoms with Crippen LogP contribution in [0.25, 0.3) is 0 Å². The highest BCUT2D eigenvalue weighted by molar-refractivity contribution is 5.79. The third-order valence-electron chi connectivity index (χ3n) is 4.58. The molecular weight excluding hydrogens is 276 g/mol. The number of guanidine groups is 1. The van der Waals surface area contributed by atoms with Crippen LogP contribution in [0, 0.1) is 5.92 Å². The van der Waals surface area contributed by atoms with E-state index in [4.69, 9.17) is 0 Å². The minimum Gasteiger partial charge on any atom is -0.356 e. The molecule has 2 N–H and O–H groups in total. The summed E-state index contributed by atoms with van der Waals surface area (Å²) in [5.41, 5.74) is 0. The van der Waals surface area contributed by atoms with Crippen molar-refractivity contribution >= 4 is 5.96 Å². The van der Waals surface area contributed by atoms with Crippen molar-refractivity contribution in [2.24, 2.45) is 10.9 Å². The second-order valence-corrected chi connectivity index (χ2v) is 6.38. The molecule has 1 saturated carbocycles. The Balaban J connectivity index is 1.28. The molecule has 1 unspecified atom stereocenters. The Labute approximate surface area is 133 Å². The molecule has 1 aliphatic carbocycles. The Bertz CT molecular complexity index is 465. The van der Waals surface area contributed by atoms with Gasteiger partial charge in [-0.15, -0.1) is 0 Å². The lowest BCUT2D eigenvalue weighted by atomic mass is 10.1. The zero-order valence-corrected chi connectivity index (χ0v) is 13.5. The van der Waals surface area contributed by atoms with Gasteiger partial charge in [0.05, 0.1) is 0 Å². The predicted molar refractivity (Wildman–Crippen MR) is 88.9 cm³/mol. The summed E-state index contributed by atoms with van der Waals surface area (Å²) in [5.74, 6) is 1.69. The number of nitrogens with zero attached hydrogens (tertiary/aromatic N) is 4. The summed E-state index contributed by atoms with van der Waals surface area (Å²) in [6.07, 6.45) is 9.01. The average molecular weight is 304 g/mol. The first-order chi connectivity index (χ1) is 10.8. The van der Waals surface area contributed by atoms with Gasteiger partial charge < -0.3 is 15.5 Å². The molecular formula is C16H28N6. The molecule has 1 aliphatic heterocycles. The number of aromatic nitrogens is 2. The van der Waals surface area contributed by atoms with Crippen LogP contribution >= 0.6 is 0 Å². The van der Waals surface area contributed by atoms with E-state index in [2.05, 4.69) is 25.6 Å². The molecule has 1 saturated heterocycles.